The maximum atomic E-state index is 12.3. The normalized spacial score (nSPS) is 11.4. The molecule has 0 aliphatic heterocycles. The van der Waals surface area contributed by atoms with E-state index in [2.05, 4.69) is 9.97 Å². The van der Waals surface area contributed by atoms with E-state index >= 15 is 0 Å². The van der Waals surface area contributed by atoms with Crippen molar-refractivity contribution in [3.8, 4) is 11.5 Å². The molecule has 45 heavy (non-hydrogen) atoms. The van der Waals surface area contributed by atoms with Crippen LogP contribution in [0.4, 0.5) is 0 Å². The summed E-state index contributed by atoms with van der Waals surface area (Å²) in [4.78, 5) is 31.7. The third kappa shape index (κ3) is 9.99. The van der Waals surface area contributed by atoms with Crippen LogP contribution >= 0.6 is 11.6 Å². The minimum atomic E-state index is -3.80. The molecule has 4 aromatic rings. The van der Waals surface area contributed by atoms with Gasteiger partial charge in [-0.3, -0.25) is 9.59 Å². The number of rotatable bonds is 13. The molecule has 15 heteroatoms. The van der Waals surface area contributed by atoms with Gasteiger partial charge in [-0.2, -0.15) is 0 Å². The predicted molar refractivity (Wildman–Crippen MR) is 171 cm³/mol. The smallest absolute Gasteiger partial charge is 0.288 e. The maximum Gasteiger partial charge on any atom is 0.288 e. The molecule has 0 atom stereocenters. The fourth-order valence-corrected chi connectivity index (χ4v) is 6.51. The van der Waals surface area contributed by atoms with Crippen LogP contribution in [0, 0.1) is 0 Å². The number of hydrogen-bond donors (Lipinski definition) is 0. The Bertz CT molecular complexity index is 1890. The fraction of sp³-hybridized carbons (Fsp3) is 0.333. The molecule has 0 fully saturated rings. The molecule has 0 N–H and O–H groups in total. The van der Waals surface area contributed by atoms with Crippen LogP contribution in [-0.2, 0) is 39.2 Å². The number of methoxy groups -OCH3 is 1. The van der Waals surface area contributed by atoms with Crippen molar-refractivity contribution in [2.75, 3.05) is 25.2 Å². The molecule has 242 valence electrons. The van der Waals surface area contributed by atoms with Crippen molar-refractivity contribution in [1.29, 1.82) is 0 Å². The molecular weight excluding hydrogens is 644 g/mol. The van der Waals surface area contributed by atoms with Crippen LogP contribution in [0.5, 0.6) is 11.5 Å². The van der Waals surface area contributed by atoms with Crippen molar-refractivity contribution in [2.45, 2.75) is 49.8 Å². The first-order chi connectivity index (χ1) is 21.4. The van der Waals surface area contributed by atoms with E-state index < -0.39 is 35.8 Å². The lowest BCUT2D eigenvalue weighted by molar-refractivity contribution is 0.339. The summed E-state index contributed by atoms with van der Waals surface area (Å²) >= 11 is 5.79. The molecule has 0 aliphatic rings. The number of benzene rings is 2. The molecule has 0 aliphatic carbocycles. The first kappa shape index (κ1) is 35.5. The second kappa shape index (κ2) is 16.3. The highest BCUT2D eigenvalue weighted by Crippen LogP contribution is 2.17. The van der Waals surface area contributed by atoms with Crippen LogP contribution in [0.25, 0.3) is 0 Å². The van der Waals surface area contributed by atoms with E-state index in [0.29, 0.717) is 36.0 Å². The van der Waals surface area contributed by atoms with Crippen LogP contribution in [0.15, 0.2) is 93.0 Å². The van der Waals surface area contributed by atoms with E-state index in [1.54, 1.807) is 62.6 Å². The van der Waals surface area contributed by atoms with Gasteiger partial charge < -0.3 is 18.6 Å². The Morgan fingerprint density at radius 3 is 1.84 bits per heavy atom. The summed E-state index contributed by atoms with van der Waals surface area (Å²) in [5.41, 5.74) is -0.322. The summed E-state index contributed by atoms with van der Waals surface area (Å²) in [5, 5.41) is -0.226. The minimum Gasteiger partial charge on any atom is -0.497 e. The number of halogens is 1. The highest BCUT2D eigenvalue weighted by molar-refractivity contribution is 7.91. The second-order valence-corrected chi connectivity index (χ2v) is 14.1. The van der Waals surface area contributed by atoms with Crippen molar-refractivity contribution in [3.05, 3.63) is 105 Å². The van der Waals surface area contributed by atoms with E-state index in [9.17, 15) is 26.4 Å². The number of aryl methyl sites for hydroxylation is 3. The Kier molecular flexibility index (Phi) is 12.9. The standard InChI is InChI=1S/C15H17ClN2O3S.C15H18N2O5S/c1-2-9-18-10-8-17-14(15(18)19)22(20,21)11-7-12-3-5-13(16)6-4-12;1-3-17-9-8-16-14(15(17)18)23(19,20)11-10-22-13-6-4-12(21-2)5-7-13/h3-6,8,10H,2,7,9,11H2,1H3;4-9H,3,10-11H2,1-2H3. The summed E-state index contributed by atoms with van der Waals surface area (Å²) in [6.07, 6.45) is 6.67. The Hall–Kier alpha value is -4.01. The van der Waals surface area contributed by atoms with Gasteiger partial charge in [0.2, 0.25) is 29.7 Å². The van der Waals surface area contributed by atoms with E-state index in [1.807, 2.05) is 6.92 Å². The van der Waals surface area contributed by atoms with Crippen LogP contribution in [0.3, 0.4) is 0 Å². The van der Waals surface area contributed by atoms with Crippen LogP contribution in [0.1, 0.15) is 25.8 Å². The fourth-order valence-electron chi connectivity index (χ4n) is 3.99. The van der Waals surface area contributed by atoms with Gasteiger partial charge in [0.15, 0.2) is 0 Å². The van der Waals surface area contributed by atoms with Gasteiger partial charge in [0.05, 0.1) is 18.6 Å². The summed E-state index contributed by atoms with van der Waals surface area (Å²) in [6.45, 7) is 4.45. The van der Waals surface area contributed by atoms with Crippen LogP contribution in [0.2, 0.25) is 5.02 Å². The van der Waals surface area contributed by atoms with Crippen molar-refractivity contribution in [1.82, 2.24) is 19.1 Å². The van der Waals surface area contributed by atoms with Crippen molar-refractivity contribution in [2.24, 2.45) is 0 Å². The lowest BCUT2D eigenvalue weighted by atomic mass is 10.2. The molecule has 0 bridgehead atoms. The molecule has 2 aromatic heterocycles. The van der Waals surface area contributed by atoms with Gasteiger partial charge in [-0.25, -0.2) is 26.8 Å². The van der Waals surface area contributed by atoms with Crippen molar-refractivity contribution in [3.63, 3.8) is 0 Å². The number of aromatic nitrogens is 4. The van der Waals surface area contributed by atoms with Gasteiger partial charge in [0.1, 0.15) is 18.1 Å². The Labute approximate surface area is 267 Å². The quantitative estimate of drug-likeness (QED) is 0.205. The average Bonchev–Trinajstić information content (AvgIpc) is 3.02. The number of hydrogen-bond acceptors (Lipinski definition) is 10. The third-order valence-corrected chi connectivity index (χ3v) is 9.85. The third-order valence-electron chi connectivity index (χ3n) is 6.41. The Balaban J connectivity index is 0.000000246. The number of sulfone groups is 2. The van der Waals surface area contributed by atoms with Gasteiger partial charge in [0, 0.05) is 42.9 Å². The molecular formula is C30H35ClN4O8S2. The lowest BCUT2D eigenvalue weighted by Gasteiger charge is -2.08. The molecule has 0 saturated heterocycles. The maximum absolute atomic E-state index is 12.3. The van der Waals surface area contributed by atoms with Crippen LogP contribution < -0.4 is 20.6 Å². The predicted octanol–water partition coefficient (Wildman–Crippen LogP) is 3.45. The number of nitrogens with zero attached hydrogens (tertiary/aromatic N) is 4. The average molecular weight is 679 g/mol. The van der Waals surface area contributed by atoms with E-state index in [4.69, 9.17) is 21.1 Å². The summed E-state index contributed by atoms with van der Waals surface area (Å²) < 4.78 is 62.3. The molecule has 12 nitrogen and oxygen atoms in total. The first-order valence-electron chi connectivity index (χ1n) is 14.0. The zero-order valence-corrected chi connectivity index (χ0v) is 27.5. The van der Waals surface area contributed by atoms with Crippen molar-refractivity contribution >= 4 is 31.3 Å². The highest BCUT2D eigenvalue weighted by Gasteiger charge is 2.22. The summed E-state index contributed by atoms with van der Waals surface area (Å²) in [5.74, 6) is 0.716. The molecule has 0 unspecified atom stereocenters. The monoisotopic (exact) mass is 678 g/mol. The second-order valence-electron chi connectivity index (χ2n) is 9.59. The minimum absolute atomic E-state index is 0.0726. The number of ether oxygens (including phenoxy) is 2. The molecule has 0 radical (unpaired) electrons. The largest absolute Gasteiger partial charge is 0.497 e. The summed E-state index contributed by atoms with van der Waals surface area (Å²) in [6, 6.07) is 13.7. The van der Waals surface area contributed by atoms with Gasteiger partial charge in [0.25, 0.3) is 11.1 Å². The molecule has 2 aromatic carbocycles. The Morgan fingerprint density at radius 1 is 0.756 bits per heavy atom. The van der Waals surface area contributed by atoms with Gasteiger partial charge >= 0.3 is 0 Å². The van der Waals surface area contributed by atoms with E-state index in [1.165, 1.54) is 33.9 Å². The molecule has 0 amide bonds. The molecule has 0 saturated carbocycles. The zero-order valence-electron chi connectivity index (χ0n) is 25.1. The zero-order chi connectivity index (χ0) is 33.0. The summed E-state index contributed by atoms with van der Waals surface area (Å²) in [7, 11) is -5.96. The van der Waals surface area contributed by atoms with Crippen LogP contribution in [-0.4, -0.2) is 61.2 Å². The van der Waals surface area contributed by atoms with Crippen molar-refractivity contribution < 1.29 is 26.3 Å². The van der Waals surface area contributed by atoms with Gasteiger partial charge in [-0.15, -0.1) is 0 Å². The molecule has 0 spiro atoms. The van der Waals surface area contributed by atoms with E-state index in [0.717, 1.165) is 12.0 Å². The molecule has 2 heterocycles. The Morgan fingerprint density at radius 2 is 1.29 bits per heavy atom. The highest BCUT2D eigenvalue weighted by atomic mass is 35.5. The van der Waals surface area contributed by atoms with E-state index in [-0.39, 0.29) is 23.1 Å². The first-order valence-corrected chi connectivity index (χ1v) is 17.7. The lowest BCUT2D eigenvalue weighted by Crippen LogP contribution is -2.29. The van der Waals surface area contributed by atoms with Gasteiger partial charge in [-0.1, -0.05) is 30.7 Å². The van der Waals surface area contributed by atoms with Gasteiger partial charge in [-0.05, 0) is 61.7 Å². The topological polar surface area (TPSA) is 157 Å². The SMILES string of the molecule is CCCn1ccnc(S(=O)(=O)CCc2ccc(Cl)cc2)c1=O.CCn1ccnc(S(=O)(=O)CCOc2ccc(OC)cc2)c1=O. The molecule has 4 rings (SSSR count).